The summed E-state index contributed by atoms with van der Waals surface area (Å²) in [6.07, 6.45) is -0.804. The molecule has 0 unspecified atom stereocenters. The summed E-state index contributed by atoms with van der Waals surface area (Å²) in [4.78, 5) is 6.26. The molecule has 0 saturated heterocycles. The van der Waals surface area contributed by atoms with Gasteiger partial charge in [0.1, 0.15) is 5.69 Å². The van der Waals surface area contributed by atoms with E-state index in [-0.39, 0.29) is 39.5 Å². The smallest absolute Gasteiger partial charge is 0.207 e. The summed E-state index contributed by atoms with van der Waals surface area (Å²) in [7, 11) is 0. The van der Waals surface area contributed by atoms with E-state index in [1.54, 1.807) is 12.1 Å². The highest BCUT2D eigenvalue weighted by atomic mass is 16.8. The van der Waals surface area contributed by atoms with Gasteiger partial charge >= 0.3 is 0 Å². The Hall–Kier alpha value is -5.26. The van der Waals surface area contributed by atoms with Crippen LogP contribution in [0.5, 0.6) is 46.0 Å². The van der Waals surface area contributed by atoms with Crippen molar-refractivity contribution >= 4 is 38.6 Å². The predicted molar refractivity (Wildman–Crippen MR) is 136 cm³/mol. The Morgan fingerprint density at radius 2 is 1.13 bits per heavy atom. The molecule has 0 aliphatic carbocycles. The molecule has 0 saturated carbocycles. The Balaban J connectivity index is 1.46. The van der Waals surface area contributed by atoms with Crippen LogP contribution in [0.1, 0.15) is 17.2 Å². The van der Waals surface area contributed by atoms with Crippen LogP contribution in [0.2, 0.25) is 0 Å². The topological polar surface area (TPSA) is 183 Å². The Labute approximate surface area is 212 Å². The van der Waals surface area contributed by atoms with Gasteiger partial charge < -0.3 is 40.9 Å². The number of phenolic OH excluding ortho intramolecular Hbond substituents is 8. The van der Waals surface area contributed by atoms with Crippen molar-refractivity contribution in [2.24, 2.45) is 0 Å². The number of aromatic hydroxyl groups is 8. The van der Waals surface area contributed by atoms with Gasteiger partial charge in [0.25, 0.3) is 0 Å². The monoisotopic (exact) mass is 515 g/mol. The van der Waals surface area contributed by atoms with E-state index in [0.29, 0.717) is 33.3 Å². The van der Waals surface area contributed by atoms with E-state index >= 15 is 0 Å². The lowest BCUT2D eigenvalue weighted by atomic mass is 9.94. The van der Waals surface area contributed by atoms with Gasteiger partial charge in [0.15, 0.2) is 52.1 Å². The van der Waals surface area contributed by atoms with Crippen molar-refractivity contribution < 1.29 is 45.7 Å². The van der Waals surface area contributed by atoms with Crippen LogP contribution >= 0.6 is 0 Å². The first kappa shape index (κ1) is 22.0. The van der Waals surface area contributed by atoms with Crippen LogP contribution in [0.3, 0.4) is 0 Å². The number of benzene rings is 5. The van der Waals surface area contributed by atoms with Crippen LogP contribution in [0, 0.1) is 0 Å². The summed E-state index contributed by atoms with van der Waals surface area (Å²) in [6.45, 7) is 0. The van der Waals surface area contributed by atoms with Crippen molar-refractivity contribution in [3.05, 3.63) is 65.7 Å². The largest absolute Gasteiger partial charge is 0.504 e. The zero-order valence-corrected chi connectivity index (χ0v) is 19.2. The van der Waals surface area contributed by atoms with Gasteiger partial charge in [0.2, 0.25) is 11.4 Å². The molecule has 0 atom stereocenters. The molecule has 38 heavy (non-hydrogen) atoms. The van der Waals surface area contributed by atoms with Crippen molar-refractivity contribution in [1.29, 1.82) is 0 Å². The fourth-order valence-corrected chi connectivity index (χ4v) is 5.38. The molecule has 0 aromatic heterocycles. The second-order valence-electron chi connectivity index (χ2n) is 9.36. The number of hydrogen-bond acceptors (Lipinski definition) is 10. The van der Waals surface area contributed by atoms with Gasteiger partial charge in [-0.05, 0) is 51.9 Å². The molecular formula is C27H19N2O9+. The van der Waals surface area contributed by atoms with Gasteiger partial charge in [0, 0.05) is 10.8 Å². The van der Waals surface area contributed by atoms with E-state index in [9.17, 15) is 40.9 Å². The lowest BCUT2D eigenvalue weighted by Crippen LogP contribution is -2.44. The first-order valence-electron chi connectivity index (χ1n) is 11.4. The molecule has 9 N–H and O–H groups in total. The molecule has 0 fully saturated rings. The standard InChI is InChI=1S/C27H18N2O9/c30-19-2-1-10-3-11-4-16(26(37)25(36)13(11)5-12(10)24(19)35)28-29-17-8-22(33)20(31)6-14(17)27(38-29)15-7-21(32)23(34)9-18(15)29/h1-9,27-28H,(H7-,30,31,32,33,34,35,36,37)/p+1. The van der Waals surface area contributed by atoms with E-state index < -0.39 is 33.9 Å². The lowest BCUT2D eigenvalue weighted by molar-refractivity contribution is -0.0750. The zero-order valence-electron chi connectivity index (χ0n) is 19.2. The third kappa shape index (κ3) is 2.63. The predicted octanol–water partition coefficient (Wildman–Crippen LogP) is 4.65. The zero-order chi connectivity index (χ0) is 26.7. The summed E-state index contributed by atoms with van der Waals surface area (Å²) < 4.78 is -0.683. The van der Waals surface area contributed by atoms with E-state index in [1.807, 2.05) is 0 Å². The number of nitrogens with zero attached hydrogens (tertiary/aromatic N) is 1. The van der Waals surface area contributed by atoms with Crippen LogP contribution in [-0.2, 0) is 4.84 Å². The molecule has 0 spiro atoms. The van der Waals surface area contributed by atoms with Crippen molar-refractivity contribution in [1.82, 2.24) is 4.76 Å². The molecule has 7 rings (SSSR count). The first-order chi connectivity index (χ1) is 18.1. The molecule has 2 heterocycles. The van der Waals surface area contributed by atoms with Gasteiger partial charge in [-0.2, -0.15) is 10.3 Å². The lowest BCUT2D eigenvalue weighted by Gasteiger charge is -2.29. The van der Waals surface area contributed by atoms with Crippen LogP contribution in [-0.4, -0.2) is 40.9 Å². The Morgan fingerprint density at radius 3 is 1.76 bits per heavy atom. The van der Waals surface area contributed by atoms with Crippen LogP contribution in [0.15, 0.2) is 54.6 Å². The van der Waals surface area contributed by atoms with E-state index in [2.05, 4.69) is 5.43 Å². The Morgan fingerprint density at radius 1 is 0.553 bits per heavy atom. The fourth-order valence-electron chi connectivity index (χ4n) is 5.38. The maximum atomic E-state index is 11.0. The van der Waals surface area contributed by atoms with Gasteiger partial charge in [-0.1, -0.05) is 6.07 Å². The van der Waals surface area contributed by atoms with Gasteiger partial charge in [-0.15, -0.1) is 0 Å². The van der Waals surface area contributed by atoms with Crippen molar-refractivity contribution in [2.75, 3.05) is 5.43 Å². The average molecular weight is 515 g/mol. The minimum Gasteiger partial charge on any atom is -0.504 e. The number of fused-ring (bicyclic) bond motifs is 10. The van der Waals surface area contributed by atoms with Gasteiger partial charge in [-0.25, -0.2) is 0 Å². The molecule has 2 aliphatic rings. The summed E-state index contributed by atoms with van der Waals surface area (Å²) >= 11 is 0. The second-order valence-corrected chi connectivity index (χ2v) is 9.36. The molecule has 2 aliphatic heterocycles. The maximum absolute atomic E-state index is 11.0. The van der Waals surface area contributed by atoms with Crippen LogP contribution in [0.4, 0.5) is 17.1 Å². The van der Waals surface area contributed by atoms with Gasteiger partial charge in [0.05, 0.1) is 23.3 Å². The summed E-state index contributed by atoms with van der Waals surface area (Å²) in [5, 5.41) is 84.3. The minimum atomic E-state index is -0.804. The number of phenols is 8. The molecule has 11 nitrogen and oxygen atoms in total. The van der Waals surface area contributed by atoms with E-state index in [1.165, 1.54) is 42.5 Å². The molecule has 5 aromatic rings. The molecule has 0 radical (unpaired) electrons. The van der Waals surface area contributed by atoms with Crippen LogP contribution < -0.4 is 10.2 Å². The highest BCUT2D eigenvalue weighted by Gasteiger charge is 2.60. The maximum Gasteiger partial charge on any atom is 0.207 e. The SMILES string of the molecule is Oc1cc2c(cc1O)[N+]1(Nc3cc4cc5ccc(O)c(O)c5cc4c(O)c3O)OC2c2cc(O)c(O)cc21. The Kier molecular flexibility index (Phi) is 4.01. The summed E-state index contributed by atoms with van der Waals surface area (Å²) in [5.41, 5.74) is 4.67. The molecule has 190 valence electrons. The molecule has 0 amide bonds. The molecule has 2 bridgehead atoms. The van der Waals surface area contributed by atoms with E-state index in [0.717, 1.165) is 0 Å². The molecule has 5 aromatic carbocycles. The third-order valence-corrected chi connectivity index (χ3v) is 7.21. The van der Waals surface area contributed by atoms with Crippen molar-refractivity contribution in [2.45, 2.75) is 6.10 Å². The Bertz CT molecular complexity index is 1830. The van der Waals surface area contributed by atoms with Crippen LogP contribution in [0.25, 0.3) is 21.5 Å². The number of hydrogen-bond donors (Lipinski definition) is 9. The normalized spacial score (nSPS) is 19.1. The number of quaternary nitrogens is 1. The highest BCUT2D eigenvalue weighted by Crippen LogP contribution is 2.63. The second kappa shape index (κ2) is 6.94. The molecule has 11 heteroatoms. The fraction of sp³-hybridized carbons (Fsp3) is 0.0370. The average Bonchev–Trinajstić information content (AvgIpc) is 3.35. The van der Waals surface area contributed by atoms with E-state index in [4.69, 9.17) is 4.84 Å². The van der Waals surface area contributed by atoms with Crippen molar-refractivity contribution in [3.63, 3.8) is 0 Å². The minimum absolute atomic E-state index is 0.0110. The van der Waals surface area contributed by atoms with Gasteiger partial charge in [-0.3, -0.25) is 0 Å². The summed E-state index contributed by atoms with van der Waals surface area (Å²) in [5.74, 6) is -3.37. The number of anilines is 1. The number of nitrogens with one attached hydrogen (secondary N) is 1. The third-order valence-electron chi connectivity index (χ3n) is 7.21. The van der Waals surface area contributed by atoms with Crippen molar-refractivity contribution in [3.8, 4) is 46.0 Å². The first-order valence-corrected chi connectivity index (χ1v) is 11.4. The molecular weight excluding hydrogens is 496 g/mol. The number of rotatable bonds is 2. The quantitative estimate of drug-likeness (QED) is 0.0911. The summed E-state index contributed by atoms with van der Waals surface area (Å²) in [6, 6.07) is 12.8. The highest BCUT2D eigenvalue weighted by molar-refractivity contribution is 6.06.